The van der Waals surface area contributed by atoms with Gasteiger partial charge < -0.3 is 9.64 Å². The number of amides is 1. The number of hydrogen-bond acceptors (Lipinski definition) is 5. The molecule has 0 N–H and O–H groups in total. The lowest BCUT2D eigenvalue weighted by Gasteiger charge is -2.36. The quantitative estimate of drug-likeness (QED) is 0.723. The summed E-state index contributed by atoms with van der Waals surface area (Å²) in [7, 11) is -3.79. The Kier molecular flexibility index (Phi) is 5.69. The molecule has 2 aliphatic rings. The Hall–Kier alpha value is -2.60. The minimum atomic E-state index is -3.79. The maximum Gasteiger partial charge on any atom is 0.244 e. The molecule has 2 aromatic carbocycles. The van der Waals surface area contributed by atoms with E-state index in [1.165, 1.54) is 16.4 Å². The van der Waals surface area contributed by atoms with Gasteiger partial charge in [0.05, 0.1) is 16.4 Å². The zero-order valence-electron chi connectivity index (χ0n) is 16.1. The number of ether oxygens (including phenoxy) is 1. The Labute approximate surface area is 180 Å². The van der Waals surface area contributed by atoms with E-state index in [0.717, 1.165) is 11.3 Å². The smallest absolute Gasteiger partial charge is 0.244 e. The highest BCUT2D eigenvalue weighted by Crippen LogP contribution is 2.31. The number of hydrogen-bond donors (Lipinski definition) is 0. The molecule has 0 bridgehead atoms. The second-order valence-electron chi connectivity index (χ2n) is 7.30. The predicted molar refractivity (Wildman–Crippen MR) is 111 cm³/mol. The first-order chi connectivity index (χ1) is 14.4. The van der Waals surface area contributed by atoms with Crippen molar-refractivity contribution in [2.45, 2.75) is 11.3 Å². The molecule has 7 nitrogen and oxygen atoms in total. The number of piperazine rings is 1. The van der Waals surface area contributed by atoms with E-state index in [2.05, 4.69) is 0 Å². The van der Waals surface area contributed by atoms with Crippen LogP contribution in [0.5, 0.6) is 5.75 Å². The minimum Gasteiger partial charge on any atom is -0.492 e. The fourth-order valence-electron chi connectivity index (χ4n) is 3.85. The Morgan fingerprint density at radius 2 is 1.87 bits per heavy atom. The van der Waals surface area contributed by atoms with E-state index in [1.807, 2.05) is 12.1 Å². The van der Waals surface area contributed by atoms with Crippen molar-refractivity contribution >= 4 is 27.5 Å². The van der Waals surface area contributed by atoms with Gasteiger partial charge in [0.25, 0.3) is 0 Å². The number of benzene rings is 2. The van der Waals surface area contributed by atoms with E-state index in [9.17, 15) is 18.5 Å². The Balaban J connectivity index is 1.42. The van der Waals surface area contributed by atoms with Gasteiger partial charge in [-0.05, 0) is 42.3 Å². The Morgan fingerprint density at radius 3 is 2.60 bits per heavy atom. The average molecular weight is 446 g/mol. The second kappa shape index (κ2) is 8.26. The van der Waals surface area contributed by atoms with Crippen LogP contribution in [0.3, 0.4) is 0 Å². The van der Waals surface area contributed by atoms with Crippen molar-refractivity contribution in [3.8, 4) is 11.8 Å². The topological polar surface area (TPSA) is 90.7 Å². The van der Waals surface area contributed by atoms with E-state index in [0.29, 0.717) is 31.1 Å². The van der Waals surface area contributed by atoms with Gasteiger partial charge in [-0.3, -0.25) is 4.79 Å². The molecule has 156 valence electrons. The summed E-state index contributed by atoms with van der Waals surface area (Å²) in [4.78, 5) is 14.7. The summed E-state index contributed by atoms with van der Waals surface area (Å²) in [5.41, 5.74) is 1.02. The third kappa shape index (κ3) is 3.88. The molecule has 0 aromatic heterocycles. The van der Waals surface area contributed by atoms with Crippen LogP contribution in [0.2, 0.25) is 5.02 Å². The molecule has 4 rings (SSSR count). The van der Waals surface area contributed by atoms with Crippen LogP contribution >= 0.6 is 11.6 Å². The Morgan fingerprint density at radius 1 is 1.13 bits per heavy atom. The van der Waals surface area contributed by atoms with Crippen molar-refractivity contribution in [3.63, 3.8) is 0 Å². The van der Waals surface area contributed by atoms with Crippen molar-refractivity contribution in [1.82, 2.24) is 9.21 Å². The molecular weight excluding hydrogens is 426 g/mol. The lowest BCUT2D eigenvalue weighted by atomic mass is 9.95. The van der Waals surface area contributed by atoms with E-state index >= 15 is 0 Å². The average Bonchev–Trinajstić information content (AvgIpc) is 2.78. The molecule has 0 saturated carbocycles. The zero-order valence-corrected chi connectivity index (χ0v) is 17.7. The first kappa shape index (κ1) is 20.7. The van der Waals surface area contributed by atoms with Crippen LogP contribution < -0.4 is 4.74 Å². The molecule has 1 amide bonds. The van der Waals surface area contributed by atoms with Gasteiger partial charge in [0, 0.05) is 31.2 Å². The number of halogens is 1. The van der Waals surface area contributed by atoms with Crippen LogP contribution in [-0.2, 0) is 21.2 Å². The molecular formula is C21H20ClN3O4S. The van der Waals surface area contributed by atoms with Crippen LogP contribution in [0, 0.1) is 17.2 Å². The van der Waals surface area contributed by atoms with Gasteiger partial charge in [-0.25, -0.2) is 8.42 Å². The van der Waals surface area contributed by atoms with Gasteiger partial charge in [0.15, 0.2) is 0 Å². The van der Waals surface area contributed by atoms with Crippen molar-refractivity contribution in [3.05, 3.63) is 58.6 Å². The summed E-state index contributed by atoms with van der Waals surface area (Å²) in [6.07, 6.45) is 0.544. The molecule has 0 spiro atoms. The fraction of sp³-hybridized carbons (Fsp3) is 0.333. The van der Waals surface area contributed by atoms with Crippen molar-refractivity contribution in [2.24, 2.45) is 5.92 Å². The molecule has 2 heterocycles. The molecule has 0 aliphatic carbocycles. The van der Waals surface area contributed by atoms with Crippen LogP contribution in [0.4, 0.5) is 0 Å². The summed E-state index contributed by atoms with van der Waals surface area (Å²) in [5.74, 6) is 0.379. The van der Waals surface area contributed by atoms with Gasteiger partial charge in [0.1, 0.15) is 18.4 Å². The number of nitriles is 1. The standard InChI is InChI=1S/C21H20ClN3O4S/c22-18-5-6-19-16(12-18)11-17(14-29-19)21(26)24-7-9-25(10-8-24)30(27,28)20-4-2-1-3-15(20)13-23/h1-6,12,17H,7-11,14H2/t17-/m1/s1. The lowest BCUT2D eigenvalue weighted by molar-refractivity contribution is -0.138. The first-order valence-corrected chi connectivity index (χ1v) is 11.4. The maximum atomic E-state index is 13.0. The SMILES string of the molecule is N#Cc1ccccc1S(=O)(=O)N1CCN(C(=O)[C@H]2COc3ccc(Cl)cc3C2)CC1. The molecule has 1 atom stereocenters. The van der Waals surface area contributed by atoms with Crippen molar-refractivity contribution < 1.29 is 17.9 Å². The number of carbonyl (C=O) groups is 1. The number of fused-ring (bicyclic) bond motifs is 1. The number of carbonyl (C=O) groups excluding carboxylic acids is 1. The van der Waals surface area contributed by atoms with Gasteiger partial charge in [0.2, 0.25) is 15.9 Å². The maximum absolute atomic E-state index is 13.0. The van der Waals surface area contributed by atoms with Crippen molar-refractivity contribution in [1.29, 1.82) is 5.26 Å². The number of rotatable bonds is 3. The van der Waals surface area contributed by atoms with Gasteiger partial charge in [-0.1, -0.05) is 23.7 Å². The Bertz CT molecular complexity index is 1120. The predicted octanol–water partition coefficient (Wildman–Crippen LogP) is 2.30. The highest BCUT2D eigenvalue weighted by Gasteiger charge is 2.35. The largest absolute Gasteiger partial charge is 0.492 e. The van der Waals surface area contributed by atoms with Gasteiger partial charge in [-0.15, -0.1) is 0 Å². The highest BCUT2D eigenvalue weighted by atomic mass is 35.5. The summed E-state index contributed by atoms with van der Waals surface area (Å²) < 4.78 is 33.0. The minimum absolute atomic E-state index is 0.00134. The van der Waals surface area contributed by atoms with Gasteiger partial charge in [-0.2, -0.15) is 9.57 Å². The molecule has 9 heteroatoms. The lowest BCUT2D eigenvalue weighted by Crippen LogP contribution is -2.53. The first-order valence-electron chi connectivity index (χ1n) is 9.59. The molecule has 1 fully saturated rings. The molecule has 30 heavy (non-hydrogen) atoms. The molecule has 2 aromatic rings. The normalized spacial score (nSPS) is 19.5. The van der Waals surface area contributed by atoms with Crippen LogP contribution in [0.15, 0.2) is 47.4 Å². The fourth-order valence-corrected chi connectivity index (χ4v) is 5.61. The monoisotopic (exact) mass is 445 g/mol. The third-order valence-corrected chi connectivity index (χ3v) is 7.65. The highest BCUT2D eigenvalue weighted by molar-refractivity contribution is 7.89. The summed E-state index contributed by atoms with van der Waals surface area (Å²) in [6, 6.07) is 13.5. The van der Waals surface area contributed by atoms with Crippen molar-refractivity contribution in [2.75, 3.05) is 32.8 Å². The third-order valence-electron chi connectivity index (χ3n) is 5.45. The van der Waals surface area contributed by atoms with Gasteiger partial charge >= 0.3 is 0 Å². The molecule has 1 saturated heterocycles. The van der Waals surface area contributed by atoms with E-state index in [-0.39, 0.29) is 35.4 Å². The van der Waals surface area contributed by atoms with Crippen LogP contribution in [0.25, 0.3) is 0 Å². The summed E-state index contributed by atoms with van der Waals surface area (Å²) in [6.45, 7) is 1.26. The number of nitrogens with zero attached hydrogens (tertiary/aromatic N) is 3. The van der Waals surface area contributed by atoms with Crippen LogP contribution in [0.1, 0.15) is 11.1 Å². The second-order valence-corrected chi connectivity index (χ2v) is 9.64. The van der Waals surface area contributed by atoms with E-state index < -0.39 is 10.0 Å². The zero-order chi connectivity index (χ0) is 21.3. The summed E-state index contributed by atoms with van der Waals surface area (Å²) in [5, 5.41) is 9.82. The van der Waals surface area contributed by atoms with E-state index in [1.54, 1.807) is 29.2 Å². The molecule has 0 radical (unpaired) electrons. The van der Waals surface area contributed by atoms with Crippen LogP contribution in [-0.4, -0.2) is 56.3 Å². The molecule has 0 unspecified atom stereocenters. The van der Waals surface area contributed by atoms with E-state index in [4.69, 9.17) is 16.3 Å². The summed E-state index contributed by atoms with van der Waals surface area (Å²) >= 11 is 6.05. The molecule has 2 aliphatic heterocycles. The number of sulfonamides is 1.